The Morgan fingerprint density at radius 3 is 2.62 bits per heavy atom. The van der Waals surface area contributed by atoms with Gasteiger partial charge in [-0.05, 0) is 41.3 Å². The maximum Gasteiger partial charge on any atom is 0.327 e. The normalized spacial score (nSPS) is 15.3. The fourth-order valence-corrected chi connectivity index (χ4v) is 3.86. The first kappa shape index (κ1) is 18.5. The highest BCUT2D eigenvalue weighted by atomic mass is 32.2. The Hall–Kier alpha value is -2.27. The molecule has 0 saturated heterocycles. The smallest absolute Gasteiger partial charge is 0.324 e. The molecule has 0 atom stereocenters. The van der Waals surface area contributed by atoms with Crippen LogP contribution in [0.4, 0.5) is 4.79 Å². The number of nitrogens with zero attached hydrogens (tertiary/aromatic N) is 1. The minimum absolute atomic E-state index is 0.191. The van der Waals surface area contributed by atoms with E-state index in [0.717, 1.165) is 41.1 Å². The van der Waals surface area contributed by atoms with E-state index >= 15 is 0 Å². The van der Waals surface area contributed by atoms with Gasteiger partial charge in [0.1, 0.15) is 0 Å². The van der Waals surface area contributed by atoms with Crippen molar-refractivity contribution in [1.29, 1.82) is 0 Å². The van der Waals surface area contributed by atoms with Crippen molar-refractivity contribution in [2.24, 2.45) is 0 Å². The molecule has 0 radical (unpaired) electrons. The maximum atomic E-state index is 12.2. The average molecular weight is 369 g/mol. The van der Waals surface area contributed by atoms with Crippen molar-refractivity contribution in [3.63, 3.8) is 0 Å². The molecule has 2 aromatic rings. The van der Waals surface area contributed by atoms with Crippen LogP contribution in [0.3, 0.4) is 0 Å². The zero-order valence-corrected chi connectivity index (χ0v) is 15.8. The number of carbonyl (C=O) groups is 2. The SMILES string of the molecule is CN(C(=O)NSC(=O)/C=C/c1cccc2ccccc12)C1CCCCC1. The van der Waals surface area contributed by atoms with Crippen LogP contribution in [-0.2, 0) is 4.79 Å². The van der Waals surface area contributed by atoms with Crippen molar-refractivity contribution < 1.29 is 9.59 Å². The maximum absolute atomic E-state index is 12.2. The van der Waals surface area contributed by atoms with E-state index in [9.17, 15) is 9.59 Å². The van der Waals surface area contributed by atoms with Crippen molar-refractivity contribution in [2.45, 2.75) is 38.1 Å². The monoisotopic (exact) mass is 368 g/mol. The molecule has 1 aliphatic carbocycles. The number of rotatable bonds is 3. The van der Waals surface area contributed by atoms with Gasteiger partial charge >= 0.3 is 6.03 Å². The van der Waals surface area contributed by atoms with Crippen LogP contribution in [0.5, 0.6) is 0 Å². The van der Waals surface area contributed by atoms with E-state index in [4.69, 9.17) is 0 Å². The van der Waals surface area contributed by atoms with Gasteiger partial charge in [0, 0.05) is 25.0 Å². The summed E-state index contributed by atoms with van der Waals surface area (Å²) < 4.78 is 2.66. The lowest BCUT2D eigenvalue weighted by molar-refractivity contribution is -0.107. The van der Waals surface area contributed by atoms with E-state index < -0.39 is 0 Å². The molecule has 1 fully saturated rings. The summed E-state index contributed by atoms with van der Waals surface area (Å²) in [5, 5.41) is 2.05. The summed E-state index contributed by atoms with van der Waals surface area (Å²) >= 11 is 0.835. The number of amides is 2. The van der Waals surface area contributed by atoms with E-state index in [1.807, 2.05) is 49.5 Å². The van der Waals surface area contributed by atoms with Crippen LogP contribution in [0.15, 0.2) is 48.5 Å². The van der Waals surface area contributed by atoms with Crippen LogP contribution < -0.4 is 4.72 Å². The molecule has 1 saturated carbocycles. The Morgan fingerprint density at radius 1 is 1.08 bits per heavy atom. The standard InChI is InChI=1S/C21H24N2O2S/c1-23(18-11-3-2-4-12-18)21(25)22-26-20(24)15-14-17-10-7-9-16-8-5-6-13-19(16)17/h5-10,13-15,18H,2-4,11-12H2,1H3,(H,22,25)/b15-14+. The predicted molar refractivity (Wildman–Crippen MR) is 109 cm³/mol. The molecule has 0 aliphatic heterocycles. The first-order valence-corrected chi connectivity index (χ1v) is 9.86. The highest BCUT2D eigenvalue weighted by Gasteiger charge is 2.22. The highest BCUT2D eigenvalue weighted by Crippen LogP contribution is 2.22. The molecule has 2 amide bonds. The molecular formula is C21H24N2O2S. The topological polar surface area (TPSA) is 49.4 Å². The number of nitrogens with one attached hydrogen (secondary N) is 1. The summed E-state index contributed by atoms with van der Waals surface area (Å²) in [6, 6.07) is 14.1. The second-order valence-corrected chi connectivity index (χ2v) is 7.44. The highest BCUT2D eigenvalue weighted by molar-refractivity contribution is 8.12. The molecule has 3 rings (SSSR count). The quantitative estimate of drug-likeness (QED) is 0.612. The largest absolute Gasteiger partial charge is 0.327 e. The van der Waals surface area contributed by atoms with Crippen molar-refractivity contribution >= 4 is 39.9 Å². The fraction of sp³-hybridized carbons (Fsp3) is 0.333. The summed E-state index contributed by atoms with van der Waals surface area (Å²) in [5.74, 6) is 0. The second-order valence-electron chi connectivity index (χ2n) is 6.63. The Bertz CT molecular complexity index is 807. The molecule has 4 nitrogen and oxygen atoms in total. The molecule has 1 N–H and O–H groups in total. The van der Waals surface area contributed by atoms with Crippen molar-refractivity contribution in [2.75, 3.05) is 7.05 Å². The summed E-state index contributed by atoms with van der Waals surface area (Å²) in [4.78, 5) is 26.0. The molecule has 0 bridgehead atoms. The van der Waals surface area contributed by atoms with Crippen molar-refractivity contribution in [1.82, 2.24) is 9.62 Å². The third-order valence-corrected chi connectivity index (χ3v) is 5.52. The molecule has 0 spiro atoms. The molecule has 0 unspecified atom stereocenters. The van der Waals surface area contributed by atoms with E-state index in [-0.39, 0.29) is 17.2 Å². The van der Waals surface area contributed by atoms with Gasteiger partial charge in [-0.3, -0.25) is 9.52 Å². The van der Waals surface area contributed by atoms with Crippen LogP contribution in [0, 0.1) is 0 Å². The number of hydrogen-bond acceptors (Lipinski definition) is 3. The van der Waals surface area contributed by atoms with Gasteiger partial charge in [0.2, 0.25) is 5.12 Å². The Balaban J connectivity index is 1.55. The summed E-state index contributed by atoms with van der Waals surface area (Å²) in [5.41, 5.74) is 0.989. The molecule has 5 heteroatoms. The zero-order valence-electron chi connectivity index (χ0n) is 15.0. The van der Waals surface area contributed by atoms with Crippen LogP contribution >= 0.6 is 11.9 Å². The summed E-state index contributed by atoms with van der Waals surface area (Å²) in [7, 11) is 1.81. The number of benzene rings is 2. The van der Waals surface area contributed by atoms with Gasteiger partial charge in [0.15, 0.2) is 0 Å². The summed E-state index contributed by atoms with van der Waals surface area (Å²) in [6.07, 6.45) is 8.98. The van der Waals surface area contributed by atoms with E-state index in [1.165, 1.54) is 25.3 Å². The molecular weight excluding hydrogens is 344 g/mol. The number of carbonyl (C=O) groups excluding carboxylic acids is 2. The first-order chi connectivity index (χ1) is 12.6. The van der Waals surface area contributed by atoms with E-state index in [0.29, 0.717) is 0 Å². The van der Waals surface area contributed by atoms with Gasteiger partial charge in [-0.1, -0.05) is 61.7 Å². The first-order valence-electron chi connectivity index (χ1n) is 9.04. The second kappa shape index (κ2) is 8.90. The average Bonchev–Trinajstić information content (AvgIpc) is 2.70. The van der Waals surface area contributed by atoms with Crippen LogP contribution in [0.2, 0.25) is 0 Å². The molecule has 1 aliphatic rings. The number of urea groups is 1. The Kier molecular flexibility index (Phi) is 6.34. The molecule has 136 valence electrons. The number of hydrogen-bond donors (Lipinski definition) is 1. The Morgan fingerprint density at radius 2 is 1.81 bits per heavy atom. The molecule has 0 aromatic heterocycles. The van der Waals surface area contributed by atoms with Crippen LogP contribution in [0.25, 0.3) is 16.8 Å². The third-order valence-electron chi connectivity index (χ3n) is 4.90. The summed E-state index contributed by atoms with van der Waals surface area (Å²) in [6.45, 7) is 0. The third kappa shape index (κ3) is 4.67. The van der Waals surface area contributed by atoms with Gasteiger partial charge < -0.3 is 4.90 Å². The van der Waals surface area contributed by atoms with Crippen LogP contribution in [0.1, 0.15) is 37.7 Å². The van der Waals surface area contributed by atoms with Gasteiger partial charge in [0.25, 0.3) is 0 Å². The number of fused-ring (bicyclic) bond motifs is 1. The van der Waals surface area contributed by atoms with E-state index in [2.05, 4.69) is 4.72 Å². The van der Waals surface area contributed by atoms with Crippen molar-refractivity contribution in [3.05, 3.63) is 54.1 Å². The lowest BCUT2D eigenvalue weighted by atomic mass is 9.95. The predicted octanol–water partition coefficient (Wildman–Crippen LogP) is 5.00. The lowest BCUT2D eigenvalue weighted by Gasteiger charge is -2.30. The molecule has 2 aromatic carbocycles. The van der Waals surface area contributed by atoms with Gasteiger partial charge in [-0.2, -0.15) is 0 Å². The van der Waals surface area contributed by atoms with Gasteiger partial charge in [-0.25, -0.2) is 4.79 Å². The minimum atomic E-state index is -0.200. The molecule has 26 heavy (non-hydrogen) atoms. The van der Waals surface area contributed by atoms with Crippen molar-refractivity contribution in [3.8, 4) is 0 Å². The minimum Gasteiger partial charge on any atom is -0.324 e. The molecule has 0 heterocycles. The van der Waals surface area contributed by atoms with Crippen LogP contribution in [-0.4, -0.2) is 29.1 Å². The van der Waals surface area contributed by atoms with E-state index in [1.54, 1.807) is 11.0 Å². The lowest BCUT2D eigenvalue weighted by Crippen LogP contribution is -2.42. The Labute approximate surface area is 158 Å². The zero-order chi connectivity index (χ0) is 18.4. The fourth-order valence-electron chi connectivity index (χ4n) is 3.39. The van der Waals surface area contributed by atoms with Gasteiger partial charge in [-0.15, -0.1) is 0 Å². The van der Waals surface area contributed by atoms with Gasteiger partial charge in [0.05, 0.1) is 0 Å².